The average molecular weight is 214 g/mol. The Kier molecular flexibility index (Phi) is 4.55. The number of hydrogen-bond donors (Lipinski definition) is 2. The molecule has 86 valence electrons. The molecular weight excluding hydrogens is 196 g/mol. The molecule has 0 radical (unpaired) electrons. The number of piperidine rings is 1. The smallest absolute Gasteiger partial charge is 0.317 e. The van der Waals surface area contributed by atoms with Crippen molar-refractivity contribution in [1.29, 1.82) is 0 Å². The Labute approximate surface area is 89.4 Å². The minimum atomic E-state index is -0.808. The molecule has 5 nitrogen and oxygen atoms in total. The van der Waals surface area contributed by atoms with Crippen LogP contribution in [0, 0.1) is 0 Å². The molecule has 0 aromatic carbocycles. The molecule has 0 unspecified atom stereocenters. The van der Waals surface area contributed by atoms with Crippen molar-refractivity contribution in [1.82, 2.24) is 10.2 Å². The summed E-state index contributed by atoms with van der Waals surface area (Å²) in [6.07, 6.45) is 2.37. The van der Waals surface area contributed by atoms with Crippen molar-refractivity contribution >= 4 is 11.9 Å². The summed E-state index contributed by atoms with van der Waals surface area (Å²) >= 11 is 0. The fraction of sp³-hybridized carbons (Fsp3) is 0.800. The maximum Gasteiger partial charge on any atom is 0.317 e. The highest BCUT2D eigenvalue weighted by Gasteiger charge is 2.21. The highest BCUT2D eigenvalue weighted by Crippen LogP contribution is 2.09. The fourth-order valence-corrected chi connectivity index (χ4v) is 1.84. The first-order valence-corrected chi connectivity index (χ1v) is 5.35. The zero-order valence-corrected chi connectivity index (χ0v) is 9.03. The lowest BCUT2D eigenvalue weighted by Gasteiger charge is -2.31. The Morgan fingerprint density at radius 1 is 1.53 bits per heavy atom. The summed E-state index contributed by atoms with van der Waals surface area (Å²) in [6.45, 7) is 3.34. The molecule has 1 amide bonds. The van der Waals surface area contributed by atoms with Crippen LogP contribution in [0.2, 0.25) is 0 Å². The van der Waals surface area contributed by atoms with E-state index in [1.54, 1.807) is 0 Å². The first-order valence-electron chi connectivity index (χ1n) is 5.35. The molecule has 1 atom stereocenters. The van der Waals surface area contributed by atoms with Crippen LogP contribution in [0.4, 0.5) is 0 Å². The van der Waals surface area contributed by atoms with E-state index in [1.807, 2.05) is 11.8 Å². The van der Waals surface area contributed by atoms with Crippen LogP contribution in [0.25, 0.3) is 0 Å². The summed E-state index contributed by atoms with van der Waals surface area (Å²) in [5, 5.41) is 11.5. The van der Waals surface area contributed by atoms with Crippen LogP contribution in [-0.2, 0) is 9.59 Å². The molecule has 2 N–H and O–H groups in total. The van der Waals surface area contributed by atoms with Crippen LogP contribution < -0.4 is 5.32 Å². The fourth-order valence-electron chi connectivity index (χ4n) is 1.84. The number of carbonyl (C=O) groups is 2. The van der Waals surface area contributed by atoms with E-state index in [4.69, 9.17) is 5.11 Å². The van der Waals surface area contributed by atoms with Crippen LogP contribution in [0.1, 0.15) is 26.2 Å². The topological polar surface area (TPSA) is 69.6 Å². The van der Waals surface area contributed by atoms with Crippen molar-refractivity contribution in [3.05, 3.63) is 0 Å². The monoisotopic (exact) mass is 214 g/mol. The predicted octanol–water partition coefficient (Wildman–Crippen LogP) is 0.0616. The van der Waals surface area contributed by atoms with Gasteiger partial charge in [0.05, 0.1) is 6.54 Å². The molecule has 1 saturated heterocycles. The lowest BCUT2D eigenvalue weighted by Crippen LogP contribution is -2.48. The van der Waals surface area contributed by atoms with Gasteiger partial charge in [-0.15, -0.1) is 0 Å². The lowest BCUT2D eigenvalue weighted by atomic mass is 10.1. The Morgan fingerprint density at radius 3 is 2.87 bits per heavy atom. The Hall–Kier alpha value is -1.10. The molecule has 1 aliphatic heterocycles. The largest absolute Gasteiger partial charge is 0.480 e. The second-order valence-electron chi connectivity index (χ2n) is 3.89. The normalized spacial score (nSPS) is 22.3. The molecule has 0 aromatic rings. The summed E-state index contributed by atoms with van der Waals surface area (Å²) in [4.78, 5) is 23.6. The Balaban J connectivity index is 2.35. The molecular formula is C10H18N2O3. The summed E-state index contributed by atoms with van der Waals surface area (Å²) < 4.78 is 0. The van der Waals surface area contributed by atoms with Gasteiger partial charge in [0, 0.05) is 19.0 Å². The maximum atomic E-state index is 11.2. The number of hydrogen-bond acceptors (Lipinski definition) is 3. The van der Waals surface area contributed by atoms with Crippen LogP contribution in [-0.4, -0.2) is 47.6 Å². The third-order valence-corrected chi connectivity index (χ3v) is 2.55. The third-order valence-electron chi connectivity index (χ3n) is 2.55. The van der Waals surface area contributed by atoms with Crippen LogP contribution >= 0.6 is 0 Å². The number of aliphatic carboxylic acids is 1. The number of likely N-dealkylation sites (tertiary alicyclic amines) is 1. The Bertz CT molecular complexity index is 243. The van der Waals surface area contributed by atoms with Gasteiger partial charge in [-0.05, 0) is 19.4 Å². The van der Waals surface area contributed by atoms with Gasteiger partial charge in [-0.3, -0.25) is 14.5 Å². The number of amides is 1. The molecule has 0 bridgehead atoms. The van der Waals surface area contributed by atoms with Crippen molar-refractivity contribution < 1.29 is 14.7 Å². The molecule has 1 aliphatic rings. The second-order valence-corrected chi connectivity index (χ2v) is 3.89. The van der Waals surface area contributed by atoms with Gasteiger partial charge in [-0.1, -0.05) is 6.92 Å². The van der Waals surface area contributed by atoms with Crippen molar-refractivity contribution in [2.75, 3.05) is 19.6 Å². The summed E-state index contributed by atoms with van der Waals surface area (Å²) in [5.74, 6) is -0.769. The summed E-state index contributed by atoms with van der Waals surface area (Å²) in [5.41, 5.74) is 0. The molecule has 0 aromatic heterocycles. The van der Waals surface area contributed by atoms with E-state index in [2.05, 4.69) is 5.32 Å². The predicted molar refractivity (Wildman–Crippen MR) is 55.5 cm³/mol. The van der Waals surface area contributed by atoms with E-state index >= 15 is 0 Å². The van der Waals surface area contributed by atoms with E-state index in [0.29, 0.717) is 13.0 Å². The highest BCUT2D eigenvalue weighted by atomic mass is 16.4. The van der Waals surface area contributed by atoms with Crippen molar-refractivity contribution in [2.24, 2.45) is 0 Å². The zero-order valence-electron chi connectivity index (χ0n) is 9.03. The van der Waals surface area contributed by atoms with Gasteiger partial charge >= 0.3 is 5.97 Å². The van der Waals surface area contributed by atoms with E-state index < -0.39 is 5.97 Å². The molecule has 15 heavy (non-hydrogen) atoms. The zero-order chi connectivity index (χ0) is 11.3. The summed E-state index contributed by atoms with van der Waals surface area (Å²) in [6, 6.07) is 0.116. The molecule has 0 saturated carbocycles. The highest BCUT2D eigenvalue weighted by molar-refractivity contribution is 5.75. The molecule has 0 aliphatic carbocycles. The number of rotatable bonds is 4. The van der Waals surface area contributed by atoms with Crippen LogP contribution in [0.15, 0.2) is 0 Å². The molecule has 1 fully saturated rings. The standard InChI is InChI=1S/C10H18N2O3/c1-2-9(13)11-8-4-3-5-12(6-8)7-10(14)15/h8H,2-7H2,1H3,(H,11,13)(H,14,15)/t8-/m0/s1. The number of carboxylic acid groups (broad SMARTS) is 1. The van der Waals surface area contributed by atoms with Crippen molar-refractivity contribution in [3.63, 3.8) is 0 Å². The van der Waals surface area contributed by atoms with E-state index in [9.17, 15) is 9.59 Å². The molecule has 0 spiro atoms. The lowest BCUT2D eigenvalue weighted by molar-refractivity contribution is -0.138. The van der Waals surface area contributed by atoms with Gasteiger partial charge in [-0.25, -0.2) is 0 Å². The van der Waals surface area contributed by atoms with Gasteiger partial charge < -0.3 is 10.4 Å². The number of nitrogens with zero attached hydrogens (tertiary/aromatic N) is 1. The maximum absolute atomic E-state index is 11.2. The van der Waals surface area contributed by atoms with E-state index in [1.165, 1.54) is 0 Å². The number of carbonyl (C=O) groups excluding carboxylic acids is 1. The van der Waals surface area contributed by atoms with Gasteiger partial charge in [0.2, 0.25) is 5.91 Å². The molecule has 5 heteroatoms. The average Bonchev–Trinajstić information content (AvgIpc) is 2.17. The summed E-state index contributed by atoms with van der Waals surface area (Å²) in [7, 11) is 0. The Morgan fingerprint density at radius 2 is 2.27 bits per heavy atom. The van der Waals surface area contributed by atoms with Crippen molar-refractivity contribution in [2.45, 2.75) is 32.2 Å². The van der Waals surface area contributed by atoms with E-state index in [-0.39, 0.29) is 18.5 Å². The second kappa shape index (κ2) is 5.70. The quantitative estimate of drug-likeness (QED) is 0.694. The first-order chi connectivity index (χ1) is 7.11. The minimum Gasteiger partial charge on any atom is -0.480 e. The third kappa shape index (κ3) is 4.29. The molecule has 1 rings (SSSR count). The van der Waals surface area contributed by atoms with Gasteiger partial charge in [-0.2, -0.15) is 0 Å². The minimum absolute atomic E-state index is 0.0391. The van der Waals surface area contributed by atoms with Gasteiger partial charge in [0.25, 0.3) is 0 Å². The SMILES string of the molecule is CCC(=O)N[C@H]1CCCN(CC(=O)O)C1. The van der Waals surface area contributed by atoms with Crippen molar-refractivity contribution in [3.8, 4) is 0 Å². The molecule has 1 heterocycles. The number of carboxylic acids is 1. The van der Waals surface area contributed by atoms with Gasteiger partial charge in [0.1, 0.15) is 0 Å². The van der Waals surface area contributed by atoms with E-state index in [0.717, 1.165) is 19.4 Å². The van der Waals surface area contributed by atoms with Crippen LogP contribution in [0.5, 0.6) is 0 Å². The first kappa shape index (κ1) is 12.0. The van der Waals surface area contributed by atoms with Gasteiger partial charge in [0.15, 0.2) is 0 Å². The van der Waals surface area contributed by atoms with Crippen LogP contribution in [0.3, 0.4) is 0 Å². The number of nitrogens with one attached hydrogen (secondary N) is 1.